The Kier molecular flexibility index (Phi) is 6.95. The third-order valence-electron chi connectivity index (χ3n) is 5.43. The van der Waals surface area contributed by atoms with Gasteiger partial charge in [-0.1, -0.05) is 56.3 Å². The predicted molar refractivity (Wildman–Crippen MR) is 124 cm³/mol. The summed E-state index contributed by atoms with van der Waals surface area (Å²) in [6.45, 7) is 7.50. The average molecular weight is 420 g/mol. The van der Waals surface area contributed by atoms with Gasteiger partial charge in [-0.3, -0.25) is 9.59 Å². The second-order valence-corrected chi connectivity index (χ2v) is 8.00. The van der Waals surface area contributed by atoms with Gasteiger partial charge in [0.05, 0.1) is 13.0 Å². The molecule has 2 atom stereocenters. The highest BCUT2D eigenvalue weighted by molar-refractivity contribution is 5.96. The lowest BCUT2D eigenvalue weighted by Gasteiger charge is -2.19. The summed E-state index contributed by atoms with van der Waals surface area (Å²) in [5.74, 6) is -0.231. The van der Waals surface area contributed by atoms with E-state index in [1.54, 1.807) is 21.0 Å². The molecule has 1 amide bonds. The van der Waals surface area contributed by atoms with Crippen LogP contribution in [0.15, 0.2) is 60.7 Å². The van der Waals surface area contributed by atoms with Gasteiger partial charge >= 0.3 is 5.97 Å². The summed E-state index contributed by atoms with van der Waals surface area (Å²) in [6, 6.07) is 19.3. The number of benzene rings is 3. The molecule has 31 heavy (non-hydrogen) atoms. The minimum Gasteiger partial charge on any atom is -0.497 e. The minimum absolute atomic E-state index is 0.266. The topological polar surface area (TPSA) is 64.6 Å². The molecule has 0 fully saturated rings. The molecule has 5 heteroatoms. The molecule has 3 rings (SSSR count). The minimum atomic E-state index is -0.903. The van der Waals surface area contributed by atoms with Crippen molar-refractivity contribution in [3.05, 3.63) is 71.8 Å². The normalized spacial score (nSPS) is 13.0. The number of carbonyl (C=O) groups excluding carboxylic acids is 2. The first-order valence-corrected chi connectivity index (χ1v) is 10.5. The summed E-state index contributed by atoms with van der Waals surface area (Å²) in [4.78, 5) is 25.3. The van der Waals surface area contributed by atoms with Crippen LogP contribution in [0.25, 0.3) is 10.8 Å². The number of ether oxygens (including phenoxy) is 2. The van der Waals surface area contributed by atoms with Crippen LogP contribution in [0.2, 0.25) is 0 Å². The molecule has 0 saturated carbocycles. The summed E-state index contributed by atoms with van der Waals surface area (Å²) < 4.78 is 10.7. The molecular formula is C26H29NO4. The van der Waals surface area contributed by atoms with Gasteiger partial charge < -0.3 is 14.8 Å². The first-order chi connectivity index (χ1) is 14.8. The standard InChI is InChI=1S/C26H29NO4/c1-16(2)23-8-6-7-9-24(23)27-25(28)18(4)31-26(29)17(3)19-10-11-21-15-22(30-5)13-12-20(21)14-19/h6-18H,1-5H3,(H,27,28)/t17-,18+/m0/s1. The molecule has 3 aromatic rings. The lowest BCUT2D eigenvalue weighted by Crippen LogP contribution is -2.31. The molecule has 0 aromatic heterocycles. The Morgan fingerprint density at radius 1 is 0.871 bits per heavy atom. The van der Waals surface area contributed by atoms with Crippen LogP contribution < -0.4 is 10.1 Å². The van der Waals surface area contributed by atoms with Gasteiger partial charge in [-0.25, -0.2) is 0 Å². The van der Waals surface area contributed by atoms with E-state index in [2.05, 4.69) is 19.2 Å². The zero-order chi connectivity index (χ0) is 22.5. The molecule has 5 nitrogen and oxygen atoms in total. The third kappa shape index (κ3) is 5.23. The van der Waals surface area contributed by atoms with E-state index in [-0.39, 0.29) is 11.8 Å². The monoisotopic (exact) mass is 419 g/mol. The highest BCUT2D eigenvalue weighted by Crippen LogP contribution is 2.27. The van der Waals surface area contributed by atoms with Crippen molar-refractivity contribution >= 4 is 28.3 Å². The van der Waals surface area contributed by atoms with E-state index < -0.39 is 18.0 Å². The molecule has 3 aromatic carbocycles. The predicted octanol–water partition coefficient (Wildman–Crippen LogP) is 5.65. The fourth-order valence-electron chi connectivity index (χ4n) is 3.45. The lowest BCUT2D eigenvalue weighted by atomic mass is 9.97. The molecule has 0 spiro atoms. The van der Waals surface area contributed by atoms with Crippen molar-refractivity contribution in [3.63, 3.8) is 0 Å². The van der Waals surface area contributed by atoms with E-state index >= 15 is 0 Å². The Labute approximate surface area is 183 Å². The van der Waals surface area contributed by atoms with Gasteiger partial charge in [0.1, 0.15) is 5.75 Å². The summed E-state index contributed by atoms with van der Waals surface area (Å²) in [5, 5.41) is 4.92. The molecule has 0 bridgehead atoms. The van der Waals surface area contributed by atoms with Crippen molar-refractivity contribution in [2.45, 2.75) is 45.6 Å². The Morgan fingerprint density at radius 2 is 1.55 bits per heavy atom. The molecule has 0 radical (unpaired) electrons. The van der Waals surface area contributed by atoms with E-state index in [0.29, 0.717) is 0 Å². The van der Waals surface area contributed by atoms with E-state index in [1.165, 1.54) is 0 Å². The average Bonchev–Trinajstić information content (AvgIpc) is 2.77. The van der Waals surface area contributed by atoms with Gasteiger partial charge in [-0.05, 0) is 59.9 Å². The second kappa shape index (κ2) is 9.65. The van der Waals surface area contributed by atoms with Gasteiger partial charge in [-0.2, -0.15) is 0 Å². The molecule has 0 unspecified atom stereocenters. The quantitative estimate of drug-likeness (QED) is 0.503. The van der Waals surface area contributed by atoms with E-state index in [9.17, 15) is 9.59 Å². The fraction of sp³-hybridized carbons (Fsp3) is 0.308. The molecule has 162 valence electrons. The Morgan fingerprint density at radius 3 is 2.26 bits per heavy atom. The van der Waals surface area contributed by atoms with Crippen molar-refractivity contribution in [2.24, 2.45) is 0 Å². The molecule has 0 heterocycles. The SMILES string of the molecule is COc1ccc2cc([C@H](C)C(=O)O[C@H](C)C(=O)Nc3ccccc3C(C)C)ccc2c1. The van der Waals surface area contributed by atoms with E-state index in [0.717, 1.165) is 33.3 Å². The van der Waals surface area contributed by atoms with Gasteiger partial charge in [0.2, 0.25) is 0 Å². The summed E-state index contributed by atoms with van der Waals surface area (Å²) in [7, 11) is 1.63. The fourth-order valence-corrected chi connectivity index (χ4v) is 3.45. The van der Waals surface area contributed by atoms with Crippen molar-refractivity contribution in [2.75, 3.05) is 12.4 Å². The number of para-hydroxylation sites is 1. The number of nitrogens with one attached hydrogen (secondary N) is 1. The largest absolute Gasteiger partial charge is 0.497 e. The number of hydrogen-bond donors (Lipinski definition) is 1. The molecule has 1 N–H and O–H groups in total. The summed E-state index contributed by atoms with van der Waals surface area (Å²) >= 11 is 0. The Hall–Kier alpha value is -3.34. The van der Waals surface area contributed by atoms with Crippen molar-refractivity contribution < 1.29 is 19.1 Å². The van der Waals surface area contributed by atoms with Crippen LogP contribution in [0.1, 0.15) is 50.7 Å². The first kappa shape index (κ1) is 22.3. The van der Waals surface area contributed by atoms with Gasteiger partial charge in [0, 0.05) is 5.69 Å². The second-order valence-electron chi connectivity index (χ2n) is 8.00. The maximum Gasteiger partial charge on any atom is 0.313 e. The molecule has 0 aliphatic rings. The first-order valence-electron chi connectivity index (χ1n) is 10.5. The van der Waals surface area contributed by atoms with Crippen LogP contribution in [0, 0.1) is 0 Å². The van der Waals surface area contributed by atoms with E-state index in [4.69, 9.17) is 9.47 Å². The highest BCUT2D eigenvalue weighted by atomic mass is 16.5. The zero-order valence-electron chi connectivity index (χ0n) is 18.6. The Bertz CT molecular complexity index is 1090. The van der Waals surface area contributed by atoms with Crippen LogP contribution in [-0.4, -0.2) is 25.1 Å². The van der Waals surface area contributed by atoms with Crippen molar-refractivity contribution in [3.8, 4) is 5.75 Å². The number of carbonyl (C=O) groups is 2. The number of hydrogen-bond acceptors (Lipinski definition) is 4. The van der Waals surface area contributed by atoms with Crippen LogP contribution in [0.3, 0.4) is 0 Å². The Balaban J connectivity index is 1.67. The summed E-state index contributed by atoms with van der Waals surface area (Å²) in [5.41, 5.74) is 2.61. The molecule has 0 saturated heterocycles. The number of rotatable bonds is 7. The van der Waals surface area contributed by atoms with Crippen LogP contribution >= 0.6 is 0 Å². The maximum absolute atomic E-state index is 12.7. The van der Waals surface area contributed by atoms with Gasteiger partial charge in [-0.15, -0.1) is 0 Å². The van der Waals surface area contributed by atoms with Gasteiger partial charge in [0.25, 0.3) is 5.91 Å². The third-order valence-corrected chi connectivity index (χ3v) is 5.43. The molecular weight excluding hydrogens is 390 g/mol. The smallest absolute Gasteiger partial charge is 0.313 e. The number of anilines is 1. The lowest BCUT2D eigenvalue weighted by molar-refractivity contribution is -0.154. The van der Waals surface area contributed by atoms with Crippen molar-refractivity contribution in [1.82, 2.24) is 0 Å². The molecule has 0 aliphatic carbocycles. The maximum atomic E-state index is 12.7. The van der Waals surface area contributed by atoms with Crippen LogP contribution in [-0.2, 0) is 14.3 Å². The van der Waals surface area contributed by atoms with Gasteiger partial charge in [0.15, 0.2) is 6.10 Å². The number of amides is 1. The van der Waals surface area contributed by atoms with E-state index in [1.807, 2.05) is 60.7 Å². The summed E-state index contributed by atoms with van der Waals surface area (Å²) in [6.07, 6.45) is -0.903. The van der Waals surface area contributed by atoms with Crippen LogP contribution in [0.5, 0.6) is 5.75 Å². The van der Waals surface area contributed by atoms with Crippen LogP contribution in [0.4, 0.5) is 5.69 Å². The van der Waals surface area contributed by atoms with Crippen molar-refractivity contribution in [1.29, 1.82) is 0 Å². The zero-order valence-corrected chi connectivity index (χ0v) is 18.6. The number of methoxy groups -OCH3 is 1. The number of fused-ring (bicyclic) bond motifs is 1. The molecule has 0 aliphatic heterocycles. The highest BCUT2D eigenvalue weighted by Gasteiger charge is 2.24. The number of esters is 1.